The van der Waals surface area contributed by atoms with E-state index in [1.165, 1.54) is 28.6 Å². The number of nitrogens with one attached hydrogen (secondary N) is 1. The molecule has 1 saturated heterocycles. The number of benzene rings is 1. The molecule has 1 atom stereocenters. The van der Waals surface area contributed by atoms with Crippen molar-refractivity contribution in [1.82, 2.24) is 14.9 Å². The molecule has 1 fully saturated rings. The van der Waals surface area contributed by atoms with Crippen LogP contribution in [0, 0.1) is 0 Å². The van der Waals surface area contributed by atoms with Gasteiger partial charge in [-0.2, -0.15) is 0 Å². The van der Waals surface area contributed by atoms with Crippen LogP contribution in [0.15, 0.2) is 34.2 Å². The Morgan fingerprint density at radius 3 is 2.77 bits per heavy atom. The maximum Gasteiger partial charge on any atom is 0.407 e. The molecule has 2 aliphatic rings. The first-order valence-electron chi connectivity index (χ1n) is 10.4. The average molecular weight is 458 g/mol. The van der Waals surface area contributed by atoms with Gasteiger partial charge in [0.05, 0.1) is 24.7 Å². The second kappa shape index (κ2) is 8.55. The summed E-state index contributed by atoms with van der Waals surface area (Å²) in [4.78, 5) is 32.2. The van der Waals surface area contributed by atoms with Gasteiger partial charge in [0.1, 0.15) is 16.7 Å². The lowest BCUT2D eigenvalue weighted by atomic mass is 10.1. The van der Waals surface area contributed by atoms with E-state index in [-0.39, 0.29) is 11.7 Å². The molecule has 5 rings (SSSR count). The number of alkyl carbamates (subject to hydrolysis) is 1. The van der Waals surface area contributed by atoms with Gasteiger partial charge in [-0.15, -0.1) is 11.3 Å². The number of aromatic nitrogens is 2. The van der Waals surface area contributed by atoms with Gasteiger partial charge in [0.25, 0.3) is 5.56 Å². The SMILES string of the molecule is COc1ccc(-n2c(SC[C@H]3CNC(=O)O3)nc3sc4c(c3c2=O)CCCCC4)cc1. The highest BCUT2D eigenvalue weighted by Gasteiger charge is 2.26. The topological polar surface area (TPSA) is 82.4 Å². The van der Waals surface area contributed by atoms with Crippen molar-refractivity contribution in [3.05, 3.63) is 45.1 Å². The number of nitrogens with zero attached hydrogens (tertiary/aromatic N) is 2. The van der Waals surface area contributed by atoms with E-state index in [4.69, 9.17) is 14.5 Å². The molecule has 1 aromatic carbocycles. The number of thioether (sulfide) groups is 1. The minimum absolute atomic E-state index is 0.0291. The molecule has 0 unspecified atom stereocenters. The number of fused-ring (bicyclic) bond motifs is 3. The van der Waals surface area contributed by atoms with E-state index in [1.54, 1.807) is 23.0 Å². The molecule has 1 aliphatic carbocycles. The second-order valence-corrected chi connectivity index (χ2v) is 9.77. The number of aryl methyl sites for hydroxylation is 2. The summed E-state index contributed by atoms with van der Waals surface area (Å²) < 4.78 is 12.2. The molecular formula is C22H23N3O4S2. The molecular weight excluding hydrogens is 434 g/mol. The lowest BCUT2D eigenvalue weighted by Crippen LogP contribution is -2.23. The van der Waals surface area contributed by atoms with Crippen molar-refractivity contribution in [3.63, 3.8) is 0 Å². The highest BCUT2D eigenvalue weighted by atomic mass is 32.2. The molecule has 1 aliphatic heterocycles. The molecule has 1 N–H and O–H groups in total. The van der Waals surface area contributed by atoms with Crippen molar-refractivity contribution in [1.29, 1.82) is 0 Å². The summed E-state index contributed by atoms with van der Waals surface area (Å²) in [6, 6.07) is 7.44. The molecule has 31 heavy (non-hydrogen) atoms. The first-order valence-corrected chi connectivity index (χ1v) is 12.2. The molecule has 9 heteroatoms. The van der Waals surface area contributed by atoms with Gasteiger partial charge in [-0.05, 0) is 55.5 Å². The summed E-state index contributed by atoms with van der Waals surface area (Å²) in [6.45, 7) is 0.466. The Kier molecular flexibility index (Phi) is 5.62. The minimum atomic E-state index is -0.399. The first kappa shape index (κ1) is 20.4. The van der Waals surface area contributed by atoms with Gasteiger partial charge in [-0.3, -0.25) is 9.36 Å². The van der Waals surface area contributed by atoms with Crippen LogP contribution in [-0.4, -0.2) is 41.2 Å². The zero-order valence-corrected chi connectivity index (χ0v) is 18.8. The lowest BCUT2D eigenvalue weighted by Gasteiger charge is -2.14. The molecule has 0 saturated carbocycles. The van der Waals surface area contributed by atoms with Gasteiger partial charge in [0.15, 0.2) is 5.16 Å². The first-order chi connectivity index (χ1) is 15.1. The van der Waals surface area contributed by atoms with Crippen molar-refractivity contribution >= 4 is 39.4 Å². The van der Waals surface area contributed by atoms with Crippen LogP contribution in [0.3, 0.4) is 0 Å². The van der Waals surface area contributed by atoms with Crippen LogP contribution < -0.4 is 15.6 Å². The van der Waals surface area contributed by atoms with Crippen LogP contribution in [0.1, 0.15) is 29.7 Å². The monoisotopic (exact) mass is 457 g/mol. The van der Waals surface area contributed by atoms with Crippen molar-refractivity contribution < 1.29 is 14.3 Å². The fourth-order valence-electron chi connectivity index (χ4n) is 4.11. The van der Waals surface area contributed by atoms with Crippen molar-refractivity contribution in [2.24, 2.45) is 0 Å². The molecule has 162 valence electrons. The number of ether oxygens (including phenoxy) is 2. The van der Waals surface area contributed by atoms with E-state index >= 15 is 0 Å². The smallest absolute Gasteiger partial charge is 0.407 e. The predicted octanol–water partition coefficient (Wildman–Crippen LogP) is 3.93. The van der Waals surface area contributed by atoms with E-state index < -0.39 is 6.09 Å². The molecule has 3 aromatic rings. The maximum absolute atomic E-state index is 13.8. The Morgan fingerprint density at radius 1 is 1.23 bits per heavy atom. The molecule has 7 nitrogen and oxygen atoms in total. The molecule has 2 aromatic heterocycles. The third kappa shape index (κ3) is 3.92. The summed E-state index contributed by atoms with van der Waals surface area (Å²) in [5.74, 6) is 1.26. The summed E-state index contributed by atoms with van der Waals surface area (Å²) in [6.07, 6.45) is 4.78. The van der Waals surface area contributed by atoms with Gasteiger partial charge >= 0.3 is 6.09 Å². The number of rotatable bonds is 5. The molecule has 1 amide bonds. The Labute approximate surface area is 187 Å². The Hall–Kier alpha value is -2.52. The number of methoxy groups -OCH3 is 1. The summed E-state index contributed by atoms with van der Waals surface area (Å²) in [5.41, 5.74) is 1.90. The zero-order chi connectivity index (χ0) is 21.4. The van der Waals surface area contributed by atoms with Crippen LogP contribution >= 0.6 is 23.1 Å². The quantitative estimate of drug-likeness (QED) is 0.355. The molecule has 0 spiro atoms. The Bertz CT molecular complexity index is 1190. The number of hydrogen-bond donors (Lipinski definition) is 1. The third-order valence-electron chi connectivity index (χ3n) is 5.68. The highest BCUT2D eigenvalue weighted by molar-refractivity contribution is 7.99. The zero-order valence-electron chi connectivity index (χ0n) is 17.2. The van der Waals surface area contributed by atoms with Crippen molar-refractivity contribution in [3.8, 4) is 11.4 Å². The second-order valence-electron chi connectivity index (χ2n) is 7.70. The van der Waals surface area contributed by atoms with Crippen molar-refractivity contribution in [2.45, 2.75) is 43.4 Å². The number of thiophene rings is 1. The third-order valence-corrected chi connectivity index (χ3v) is 7.94. The molecule has 3 heterocycles. The molecule has 0 bridgehead atoms. The van der Waals surface area contributed by atoms with Crippen LogP contribution in [0.2, 0.25) is 0 Å². The normalized spacial score (nSPS) is 18.4. The highest BCUT2D eigenvalue weighted by Crippen LogP contribution is 2.35. The fraction of sp³-hybridized carbons (Fsp3) is 0.409. The predicted molar refractivity (Wildman–Crippen MR) is 122 cm³/mol. The van der Waals surface area contributed by atoms with Crippen LogP contribution in [0.5, 0.6) is 5.75 Å². The summed E-state index contributed by atoms with van der Waals surface area (Å²) in [5, 5.41) is 4.04. The van der Waals surface area contributed by atoms with E-state index in [2.05, 4.69) is 5.32 Å². The number of carbonyl (C=O) groups is 1. The standard InChI is InChI=1S/C22H23N3O4S2/c1-28-14-9-7-13(8-10-14)25-20(26)18-16-5-3-2-4-6-17(16)31-19(18)24-21(25)30-12-15-11-23-22(27)29-15/h7-10,15H,2-6,11-12H2,1H3,(H,23,27)/t15-/m1/s1. The van der Waals surface area contributed by atoms with Gasteiger partial charge in [-0.1, -0.05) is 18.2 Å². The number of hydrogen-bond acceptors (Lipinski definition) is 7. The minimum Gasteiger partial charge on any atom is -0.497 e. The van der Waals surface area contributed by atoms with Gasteiger partial charge in [0, 0.05) is 10.6 Å². The van der Waals surface area contributed by atoms with Crippen molar-refractivity contribution in [2.75, 3.05) is 19.4 Å². The largest absolute Gasteiger partial charge is 0.497 e. The van der Waals surface area contributed by atoms with Crippen LogP contribution in [0.25, 0.3) is 15.9 Å². The summed E-state index contributed by atoms with van der Waals surface area (Å²) >= 11 is 3.09. The van der Waals surface area contributed by atoms with E-state index in [9.17, 15) is 9.59 Å². The van der Waals surface area contributed by atoms with E-state index in [1.807, 2.05) is 24.3 Å². The van der Waals surface area contributed by atoms with E-state index in [0.717, 1.165) is 47.3 Å². The van der Waals surface area contributed by atoms with Crippen LogP contribution in [-0.2, 0) is 17.6 Å². The van der Waals surface area contributed by atoms with Gasteiger partial charge in [-0.25, -0.2) is 9.78 Å². The maximum atomic E-state index is 13.8. The van der Waals surface area contributed by atoms with E-state index in [0.29, 0.717) is 17.5 Å². The Balaban J connectivity index is 1.62. The fourth-order valence-corrected chi connectivity index (χ4v) is 6.41. The Morgan fingerprint density at radius 2 is 2.03 bits per heavy atom. The van der Waals surface area contributed by atoms with Gasteiger partial charge < -0.3 is 14.8 Å². The number of cyclic esters (lactones) is 1. The van der Waals surface area contributed by atoms with Crippen LogP contribution in [0.4, 0.5) is 4.79 Å². The average Bonchev–Trinajstić information content (AvgIpc) is 3.27. The number of carbonyl (C=O) groups excluding carboxylic acids is 1. The molecule has 0 radical (unpaired) electrons. The van der Waals surface area contributed by atoms with Gasteiger partial charge in [0.2, 0.25) is 0 Å². The lowest BCUT2D eigenvalue weighted by molar-refractivity contribution is 0.150. The summed E-state index contributed by atoms with van der Waals surface area (Å²) in [7, 11) is 1.62. The number of amides is 1.